The molecule has 0 spiro atoms. The topological polar surface area (TPSA) is 124 Å². The van der Waals surface area contributed by atoms with Crippen LogP contribution in [0.3, 0.4) is 0 Å². The van der Waals surface area contributed by atoms with Crippen molar-refractivity contribution in [2.45, 2.75) is 31.2 Å². The van der Waals surface area contributed by atoms with E-state index < -0.39 is 16.1 Å². The number of hydrogen-bond donors (Lipinski definition) is 4. The van der Waals surface area contributed by atoms with Gasteiger partial charge >= 0.3 is 6.03 Å². The van der Waals surface area contributed by atoms with Gasteiger partial charge in [-0.1, -0.05) is 31.5 Å². The summed E-state index contributed by atoms with van der Waals surface area (Å²) in [7, 11) is -3.79. The number of hydrogen-bond acceptors (Lipinski definition) is 5. The molecule has 0 aliphatic heterocycles. The zero-order valence-corrected chi connectivity index (χ0v) is 18.4. The van der Waals surface area contributed by atoms with Crippen LogP contribution in [0.25, 0.3) is 0 Å². The molecule has 0 atom stereocenters. The van der Waals surface area contributed by atoms with Crippen molar-refractivity contribution in [1.82, 2.24) is 10.3 Å². The second kappa shape index (κ2) is 10.5. The molecule has 3 aromatic rings. The fourth-order valence-electron chi connectivity index (χ4n) is 2.93. The molecule has 0 saturated heterocycles. The van der Waals surface area contributed by atoms with Crippen LogP contribution >= 0.6 is 0 Å². The molecule has 2 amide bonds. The van der Waals surface area contributed by atoms with Crippen molar-refractivity contribution in [1.29, 1.82) is 5.41 Å². The second-order valence-electron chi connectivity index (χ2n) is 7.10. The molecule has 0 bridgehead atoms. The fraction of sp³-hybridized carbons (Fsp3) is 0.174. The van der Waals surface area contributed by atoms with Crippen LogP contribution in [0.1, 0.15) is 30.9 Å². The van der Waals surface area contributed by atoms with Crippen LogP contribution in [0.5, 0.6) is 0 Å². The van der Waals surface area contributed by atoms with E-state index in [9.17, 15) is 13.2 Å². The Hall–Kier alpha value is -3.72. The molecule has 1 heterocycles. The van der Waals surface area contributed by atoms with Gasteiger partial charge < -0.3 is 16.0 Å². The normalized spacial score (nSPS) is 10.9. The van der Waals surface area contributed by atoms with Gasteiger partial charge in [0.15, 0.2) is 0 Å². The van der Waals surface area contributed by atoms with E-state index in [1.54, 1.807) is 42.7 Å². The van der Waals surface area contributed by atoms with Gasteiger partial charge in [-0.15, -0.1) is 0 Å². The Balaban J connectivity index is 1.58. The predicted molar refractivity (Wildman–Crippen MR) is 126 cm³/mol. The Kier molecular flexibility index (Phi) is 7.56. The Morgan fingerprint density at radius 2 is 1.69 bits per heavy atom. The molecule has 0 aliphatic carbocycles. The first kappa shape index (κ1) is 23.0. The summed E-state index contributed by atoms with van der Waals surface area (Å²) in [5.41, 5.74) is 3.04. The Morgan fingerprint density at radius 1 is 1.00 bits per heavy atom. The van der Waals surface area contributed by atoms with Crippen LogP contribution in [-0.4, -0.2) is 25.1 Å². The van der Waals surface area contributed by atoms with Crippen LogP contribution in [-0.2, 0) is 16.6 Å². The number of urea groups is 1. The quantitative estimate of drug-likeness (QED) is 0.361. The van der Waals surface area contributed by atoms with E-state index in [2.05, 4.69) is 20.3 Å². The monoisotopic (exact) mass is 451 g/mol. The summed E-state index contributed by atoms with van der Waals surface area (Å²) in [5.74, 6) is 0. The number of anilines is 2. The number of rotatable bonds is 9. The third kappa shape index (κ3) is 6.39. The van der Waals surface area contributed by atoms with E-state index in [-0.39, 0.29) is 4.90 Å². The molecule has 1 aromatic heterocycles. The Bertz CT molecular complexity index is 1160. The number of sulfonamides is 1. The van der Waals surface area contributed by atoms with Crippen LogP contribution < -0.4 is 15.4 Å². The van der Waals surface area contributed by atoms with Gasteiger partial charge in [0.2, 0.25) is 0 Å². The molecule has 2 aromatic carbocycles. The third-order valence-electron chi connectivity index (χ3n) is 4.58. The minimum absolute atomic E-state index is 0.0709. The number of amides is 2. The molecule has 0 aliphatic rings. The first-order chi connectivity index (χ1) is 15.4. The van der Waals surface area contributed by atoms with Crippen molar-refractivity contribution in [3.05, 3.63) is 84.2 Å². The average molecular weight is 452 g/mol. The Morgan fingerprint density at radius 3 is 2.31 bits per heavy atom. The second-order valence-corrected chi connectivity index (χ2v) is 8.79. The molecular formula is C23H25N5O3S. The predicted octanol–water partition coefficient (Wildman–Crippen LogP) is 4.37. The first-order valence-corrected chi connectivity index (χ1v) is 11.6. The highest BCUT2D eigenvalue weighted by Gasteiger charge is 2.14. The van der Waals surface area contributed by atoms with Gasteiger partial charge in [0.25, 0.3) is 10.0 Å². The standard InChI is InChI=1S/C23H25N5O3S/c1-2-4-22(24)18-6-8-20(9-7-18)28-32(30,31)21-12-10-19(11-13-21)27-23(29)26-16-17-5-3-14-25-15-17/h3,5-15,24,28H,2,4,16H2,1H3,(H2,26,27,29). The maximum Gasteiger partial charge on any atom is 0.319 e. The SMILES string of the molecule is CCCC(=N)c1ccc(NS(=O)(=O)c2ccc(NC(=O)NCc3cccnc3)cc2)cc1. The molecule has 4 N–H and O–H groups in total. The number of carbonyl (C=O) groups excluding carboxylic acids is 1. The van der Waals surface area contributed by atoms with E-state index in [1.165, 1.54) is 24.3 Å². The van der Waals surface area contributed by atoms with Crippen LogP contribution in [0.4, 0.5) is 16.2 Å². The van der Waals surface area contributed by atoms with E-state index in [0.29, 0.717) is 30.1 Å². The lowest BCUT2D eigenvalue weighted by Gasteiger charge is -2.11. The lowest BCUT2D eigenvalue weighted by atomic mass is 10.1. The van der Waals surface area contributed by atoms with Crippen molar-refractivity contribution >= 4 is 33.1 Å². The maximum atomic E-state index is 12.7. The molecular weight excluding hydrogens is 426 g/mol. The summed E-state index contributed by atoms with van der Waals surface area (Å²) in [5, 5.41) is 13.3. The minimum Gasteiger partial charge on any atom is -0.334 e. The van der Waals surface area contributed by atoms with Crippen molar-refractivity contribution in [2.75, 3.05) is 10.0 Å². The maximum absolute atomic E-state index is 12.7. The Labute approximate surface area is 187 Å². The van der Waals surface area contributed by atoms with Crippen LogP contribution in [0, 0.1) is 5.41 Å². The first-order valence-electron chi connectivity index (χ1n) is 10.1. The number of nitrogens with one attached hydrogen (secondary N) is 4. The highest BCUT2D eigenvalue weighted by Crippen LogP contribution is 2.19. The summed E-state index contributed by atoms with van der Waals surface area (Å²) in [6, 6.07) is 15.8. The summed E-state index contributed by atoms with van der Waals surface area (Å²) in [6.07, 6.45) is 4.87. The van der Waals surface area contributed by atoms with E-state index in [4.69, 9.17) is 5.41 Å². The summed E-state index contributed by atoms with van der Waals surface area (Å²) >= 11 is 0. The molecule has 0 saturated carbocycles. The average Bonchev–Trinajstić information content (AvgIpc) is 2.79. The highest BCUT2D eigenvalue weighted by molar-refractivity contribution is 7.92. The molecule has 166 valence electrons. The van der Waals surface area contributed by atoms with Gasteiger partial charge in [0.1, 0.15) is 0 Å². The smallest absolute Gasteiger partial charge is 0.319 e. The number of aromatic nitrogens is 1. The number of benzene rings is 2. The summed E-state index contributed by atoms with van der Waals surface area (Å²) in [6.45, 7) is 2.33. The fourth-order valence-corrected chi connectivity index (χ4v) is 3.98. The van der Waals surface area contributed by atoms with Gasteiger partial charge in [0.05, 0.1) is 4.90 Å². The van der Waals surface area contributed by atoms with Crippen molar-refractivity contribution in [3.8, 4) is 0 Å². The molecule has 0 radical (unpaired) electrons. The lowest BCUT2D eigenvalue weighted by Crippen LogP contribution is -2.28. The van der Waals surface area contributed by atoms with Crippen LogP contribution in [0.2, 0.25) is 0 Å². The zero-order valence-electron chi connectivity index (χ0n) is 17.6. The van der Waals surface area contributed by atoms with Gasteiger partial charge in [-0.3, -0.25) is 9.71 Å². The van der Waals surface area contributed by atoms with Gasteiger partial charge in [-0.25, -0.2) is 13.2 Å². The molecule has 32 heavy (non-hydrogen) atoms. The number of pyridine rings is 1. The third-order valence-corrected chi connectivity index (χ3v) is 5.98. The van der Waals surface area contributed by atoms with E-state index in [1.807, 2.05) is 13.0 Å². The molecule has 8 nitrogen and oxygen atoms in total. The molecule has 9 heteroatoms. The number of nitrogens with zero attached hydrogens (tertiary/aromatic N) is 1. The van der Waals surface area contributed by atoms with Crippen molar-refractivity contribution in [3.63, 3.8) is 0 Å². The number of carbonyl (C=O) groups is 1. The van der Waals surface area contributed by atoms with Gasteiger partial charge in [0, 0.05) is 36.0 Å². The molecule has 0 unspecified atom stereocenters. The van der Waals surface area contributed by atoms with E-state index >= 15 is 0 Å². The van der Waals surface area contributed by atoms with Gasteiger partial charge in [-0.05, 0) is 60.0 Å². The lowest BCUT2D eigenvalue weighted by molar-refractivity contribution is 0.251. The summed E-state index contributed by atoms with van der Waals surface area (Å²) in [4.78, 5) is 16.1. The van der Waals surface area contributed by atoms with Gasteiger partial charge in [-0.2, -0.15) is 0 Å². The van der Waals surface area contributed by atoms with Crippen molar-refractivity contribution < 1.29 is 13.2 Å². The van der Waals surface area contributed by atoms with Crippen molar-refractivity contribution in [2.24, 2.45) is 0 Å². The molecule has 0 fully saturated rings. The molecule has 3 rings (SSSR count). The van der Waals surface area contributed by atoms with Crippen LogP contribution in [0.15, 0.2) is 78.0 Å². The highest BCUT2D eigenvalue weighted by atomic mass is 32.2. The summed E-state index contributed by atoms with van der Waals surface area (Å²) < 4.78 is 27.8. The van der Waals surface area contributed by atoms with E-state index in [0.717, 1.165) is 17.5 Å². The minimum atomic E-state index is -3.79. The zero-order chi connectivity index (χ0) is 23.0. The largest absolute Gasteiger partial charge is 0.334 e.